The van der Waals surface area contributed by atoms with Crippen molar-refractivity contribution in [2.24, 2.45) is 0 Å². The third kappa shape index (κ3) is 3.43. The smallest absolute Gasteiger partial charge is 0.117 e. The Morgan fingerprint density at radius 2 is 2.15 bits per heavy atom. The van der Waals surface area contributed by atoms with Crippen molar-refractivity contribution >= 4 is 11.8 Å². The zero-order chi connectivity index (χ0) is 10.3. The number of rotatable bonds is 3. The summed E-state index contributed by atoms with van der Waals surface area (Å²) < 4.78 is 0. The normalized spacial score (nSPS) is 11.8. The summed E-state index contributed by atoms with van der Waals surface area (Å²) in [7, 11) is 0. The van der Waals surface area contributed by atoms with Crippen molar-refractivity contribution in [2.45, 2.75) is 45.1 Å². The van der Waals surface area contributed by atoms with E-state index in [1.54, 1.807) is 18.1 Å². The maximum absolute atomic E-state index is 4.21. The first-order chi connectivity index (χ1) is 6.29. The lowest BCUT2D eigenvalue weighted by Gasteiger charge is -2.06. The maximum Gasteiger partial charge on any atom is 0.117 e. The monoisotopic (exact) mass is 200 g/mol. The van der Waals surface area contributed by atoms with E-state index in [-0.39, 0.29) is 0 Å². The number of aromatic nitrogens is 2. The van der Waals surface area contributed by atoms with Crippen LogP contribution < -0.4 is 0 Å². The Kier molecular flexibility index (Phi) is 6.77. The lowest BCUT2D eigenvalue weighted by atomic mass is 10.1. The molecule has 1 rings (SSSR count). The van der Waals surface area contributed by atoms with Gasteiger partial charge in [-0.15, -0.1) is 11.8 Å². The molecule has 1 N–H and O–H groups in total. The zero-order valence-electron chi connectivity index (χ0n) is 9.22. The molecule has 1 aromatic heterocycles. The van der Waals surface area contributed by atoms with Crippen LogP contribution in [0.25, 0.3) is 0 Å². The minimum absolute atomic E-state index is 0.597. The van der Waals surface area contributed by atoms with Crippen LogP contribution in [0.4, 0.5) is 0 Å². The van der Waals surface area contributed by atoms with E-state index in [0.29, 0.717) is 5.92 Å². The summed E-state index contributed by atoms with van der Waals surface area (Å²) in [6, 6.07) is 0. The molecule has 0 spiro atoms. The molecule has 0 radical (unpaired) electrons. The van der Waals surface area contributed by atoms with Gasteiger partial charge in [0.25, 0.3) is 0 Å². The fraction of sp³-hybridized carbons (Fsp3) is 0.700. The highest BCUT2D eigenvalue weighted by Crippen LogP contribution is 2.24. The van der Waals surface area contributed by atoms with Crippen LogP contribution in [0.3, 0.4) is 0 Å². The number of thioether (sulfide) groups is 1. The van der Waals surface area contributed by atoms with E-state index in [1.165, 1.54) is 5.69 Å². The Bertz CT molecular complexity index is 220. The molecule has 0 saturated carbocycles. The quantitative estimate of drug-likeness (QED) is 0.754. The van der Waals surface area contributed by atoms with Crippen LogP contribution in [0, 0.1) is 0 Å². The summed E-state index contributed by atoms with van der Waals surface area (Å²) in [5.41, 5.74) is 1.28. The van der Waals surface area contributed by atoms with E-state index in [2.05, 4.69) is 30.1 Å². The molecule has 1 aromatic rings. The van der Waals surface area contributed by atoms with Crippen LogP contribution in [-0.4, -0.2) is 16.2 Å². The van der Waals surface area contributed by atoms with Gasteiger partial charge in [-0.05, 0) is 18.6 Å². The topological polar surface area (TPSA) is 28.7 Å². The van der Waals surface area contributed by atoms with Gasteiger partial charge in [0.2, 0.25) is 0 Å². The van der Waals surface area contributed by atoms with Crippen LogP contribution >= 0.6 is 11.8 Å². The van der Waals surface area contributed by atoms with Gasteiger partial charge in [0.15, 0.2) is 0 Å². The van der Waals surface area contributed by atoms with Gasteiger partial charge >= 0.3 is 0 Å². The first-order valence-corrected chi connectivity index (χ1v) is 6.09. The molecular formula is C10H20N2S. The van der Waals surface area contributed by atoms with E-state index in [4.69, 9.17) is 0 Å². The van der Waals surface area contributed by atoms with Crippen LogP contribution in [0.15, 0.2) is 11.4 Å². The molecule has 3 heteroatoms. The average Bonchev–Trinajstić information content (AvgIpc) is 2.67. The second-order valence-electron chi connectivity index (χ2n) is 2.63. The number of nitrogens with zero attached hydrogens (tertiary/aromatic N) is 1. The van der Waals surface area contributed by atoms with Gasteiger partial charge in [0.05, 0.1) is 12.0 Å². The van der Waals surface area contributed by atoms with E-state index in [0.717, 1.165) is 11.4 Å². The van der Waals surface area contributed by atoms with Gasteiger partial charge < -0.3 is 4.98 Å². The van der Waals surface area contributed by atoms with Crippen LogP contribution in [0.1, 0.15) is 45.7 Å². The van der Waals surface area contributed by atoms with Gasteiger partial charge in [-0.1, -0.05) is 27.7 Å². The van der Waals surface area contributed by atoms with E-state index >= 15 is 0 Å². The highest BCUT2D eigenvalue weighted by atomic mass is 32.2. The molecule has 0 aliphatic carbocycles. The summed E-state index contributed by atoms with van der Waals surface area (Å²) in [4.78, 5) is 7.39. The van der Waals surface area contributed by atoms with Gasteiger partial charge in [-0.2, -0.15) is 0 Å². The van der Waals surface area contributed by atoms with Crippen molar-refractivity contribution in [1.82, 2.24) is 9.97 Å². The lowest BCUT2D eigenvalue weighted by Crippen LogP contribution is -1.92. The lowest BCUT2D eigenvalue weighted by molar-refractivity contribution is 0.697. The molecule has 2 nitrogen and oxygen atoms in total. The molecule has 13 heavy (non-hydrogen) atoms. The Morgan fingerprint density at radius 1 is 1.54 bits per heavy atom. The summed E-state index contributed by atoms with van der Waals surface area (Å²) in [5, 5.41) is 1.14. The van der Waals surface area contributed by atoms with Gasteiger partial charge in [-0.25, -0.2) is 4.98 Å². The number of H-pyrrole nitrogens is 1. The molecule has 76 valence electrons. The molecule has 0 aromatic carbocycles. The molecule has 0 aliphatic rings. The average molecular weight is 200 g/mol. The Morgan fingerprint density at radius 3 is 2.62 bits per heavy atom. The number of hydrogen-bond acceptors (Lipinski definition) is 2. The van der Waals surface area contributed by atoms with Crippen molar-refractivity contribution in [3.05, 3.63) is 12.0 Å². The maximum atomic E-state index is 4.21. The predicted octanol–water partition coefficient (Wildman–Crippen LogP) is 3.67. The second kappa shape index (κ2) is 7.01. The van der Waals surface area contributed by atoms with Crippen LogP contribution in [-0.2, 0) is 0 Å². The fourth-order valence-electron chi connectivity index (χ4n) is 1.01. The standard InChI is InChI=1S/C8H14N2S.C2H6/c1-4-6(2)7-8(11-3)10-5-9-7;1-2/h5-6H,4H2,1-3H3,(H,9,10);1-2H3. The molecule has 0 fully saturated rings. The van der Waals surface area contributed by atoms with E-state index < -0.39 is 0 Å². The molecule has 0 amide bonds. The molecule has 0 aliphatic heterocycles. The number of nitrogens with one attached hydrogen (secondary N) is 1. The highest BCUT2D eigenvalue weighted by Gasteiger charge is 2.09. The van der Waals surface area contributed by atoms with Gasteiger partial charge in [-0.3, -0.25) is 0 Å². The van der Waals surface area contributed by atoms with Crippen molar-refractivity contribution in [3.8, 4) is 0 Å². The minimum atomic E-state index is 0.597. The molecule has 1 heterocycles. The number of aromatic amines is 1. The SMILES string of the molecule is CC.CCC(C)c1[nH]cnc1SC. The first-order valence-electron chi connectivity index (χ1n) is 4.86. The predicted molar refractivity (Wildman–Crippen MR) is 60.4 cm³/mol. The highest BCUT2D eigenvalue weighted by molar-refractivity contribution is 7.98. The Balaban J connectivity index is 0.000000671. The summed E-state index contributed by atoms with van der Waals surface area (Å²) in [5.74, 6) is 0.597. The van der Waals surface area contributed by atoms with Crippen molar-refractivity contribution in [2.75, 3.05) is 6.26 Å². The molecular weight excluding hydrogens is 180 g/mol. The fourth-order valence-corrected chi connectivity index (χ4v) is 1.65. The van der Waals surface area contributed by atoms with Gasteiger partial charge in [0.1, 0.15) is 5.03 Å². The molecule has 0 saturated heterocycles. The summed E-state index contributed by atoms with van der Waals surface area (Å²) in [6.45, 7) is 8.41. The Hall–Kier alpha value is -0.440. The third-order valence-electron chi connectivity index (χ3n) is 1.93. The molecule has 0 bridgehead atoms. The first kappa shape index (κ1) is 12.6. The van der Waals surface area contributed by atoms with Gasteiger partial charge in [0, 0.05) is 0 Å². The molecule has 1 unspecified atom stereocenters. The van der Waals surface area contributed by atoms with E-state index in [1.807, 2.05) is 13.8 Å². The molecule has 1 atom stereocenters. The Labute approximate surface area is 85.5 Å². The summed E-state index contributed by atoms with van der Waals surface area (Å²) in [6.07, 6.45) is 4.99. The zero-order valence-corrected chi connectivity index (χ0v) is 10.0. The second-order valence-corrected chi connectivity index (χ2v) is 3.43. The van der Waals surface area contributed by atoms with Crippen molar-refractivity contribution < 1.29 is 0 Å². The minimum Gasteiger partial charge on any atom is -0.347 e. The third-order valence-corrected chi connectivity index (χ3v) is 2.64. The van der Waals surface area contributed by atoms with Crippen LogP contribution in [0.5, 0.6) is 0 Å². The summed E-state index contributed by atoms with van der Waals surface area (Å²) >= 11 is 1.70. The number of imidazole rings is 1. The van der Waals surface area contributed by atoms with Crippen LogP contribution in [0.2, 0.25) is 0 Å². The van der Waals surface area contributed by atoms with Crippen molar-refractivity contribution in [1.29, 1.82) is 0 Å². The largest absolute Gasteiger partial charge is 0.347 e. The van der Waals surface area contributed by atoms with E-state index in [9.17, 15) is 0 Å². The number of hydrogen-bond donors (Lipinski definition) is 1. The van der Waals surface area contributed by atoms with Crippen molar-refractivity contribution in [3.63, 3.8) is 0 Å².